The molecule has 0 aromatic heterocycles. The zero-order chi connectivity index (χ0) is 14.5. The van der Waals surface area contributed by atoms with Gasteiger partial charge >= 0.3 is 0 Å². The molecule has 0 bridgehead atoms. The van der Waals surface area contributed by atoms with Gasteiger partial charge in [0.2, 0.25) is 0 Å². The van der Waals surface area contributed by atoms with Gasteiger partial charge in [0.15, 0.2) is 0 Å². The Labute approximate surface area is 126 Å². The van der Waals surface area contributed by atoms with E-state index in [1.807, 2.05) is 31.3 Å². The Kier molecular flexibility index (Phi) is 5.05. The first-order chi connectivity index (χ1) is 9.67. The quantitative estimate of drug-likeness (QED) is 0.852. The van der Waals surface area contributed by atoms with Crippen molar-refractivity contribution >= 4 is 23.0 Å². The molecular weight excluding hydrogens is 268 g/mol. The number of halogens is 1. The zero-order valence-electron chi connectivity index (χ0n) is 12.2. The number of rotatable bonds is 5. The fraction of sp³-hybridized carbons (Fsp3) is 0.294. The molecule has 0 heterocycles. The average Bonchev–Trinajstić information content (AvgIpc) is 2.49. The Morgan fingerprint density at radius 1 is 1.15 bits per heavy atom. The molecule has 0 amide bonds. The maximum Gasteiger partial charge on any atom is 0.0646 e. The Morgan fingerprint density at radius 3 is 2.40 bits per heavy atom. The second-order valence-electron chi connectivity index (χ2n) is 4.80. The molecule has 0 radical (unpaired) electrons. The lowest BCUT2D eigenvalue weighted by Gasteiger charge is -2.25. The molecule has 20 heavy (non-hydrogen) atoms. The van der Waals surface area contributed by atoms with E-state index in [-0.39, 0.29) is 0 Å². The van der Waals surface area contributed by atoms with Gasteiger partial charge in [0.1, 0.15) is 0 Å². The fourth-order valence-electron chi connectivity index (χ4n) is 2.28. The number of para-hydroxylation sites is 1. The van der Waals surface area contributed by atoms with E-state index in [1.165, 1.54) is 5.56 Å². The minimum Gasteiger partial charge on any atom is -0.341 e. The number of hydrogen-bond acceptors (Lipinski definition) is 2. The van der Waals surface area contributed by atoms with Gasteiger partial charge in [-0.05, 0) is 50.7 Å². The summed E-state index contributed by atoms with van der Waals surface area (Å²) in [5, 5.41) is 4.02. The summed E-state index contributed by atoms with van der Waals surface area (Å²) in [5.41, 5.74) is 3.41. The molecule has 0 saturated heterocycles. The van der Waals surface area contributed by atoms with Crippen LogP contribution in [0.5, 0.6) is 0 Å². The number of nitrogens with one attached hydrogen (secondary N) is 1. The maximum absolute atomic E-state index is 6.48. The maximum atomic E-state index is 6.48. The molecule has 0 aliphatic carbocycles. The molecule has 1 atom stereocenters. The molecule has 0 fully saturated rings. The highest BCUT2D eigenvalue weighted by atomic mass is 35.5. The van der Waals surface area contributed by atoms with E-state index in [9.17, 15) is 0 Å². The minimum atomic E-state index is 0.299. The zero-order valence-corrected chi connectivity index (χ0v) is 13.0. The van der Waals surface area contributed by atoms with Crippen LogP contribution in [-0.4, -0.2) is 13.6 Å². The molecule has 0 spiro atoms. The van der Waals surface area contributed by atoms with Gasteiger partial charge in [0.05, 0.1) is 10.7 Å². The van der Waals surface area contributed by atoms with Gasteiger partial charge in [-0.25, -0.2) is 0 Å². The van der Waals surface area contributed by atoms with E-state index in [2.05, 4.69) is 48.3 Å². The smallest absolute Gasteiger partial charge is 0.0646 e. The molecule has 0 aliphatic rings. The van der Waals surface area contributed by atoms with Crippen molar-refractivity contribution in [3.63, 3.8) is 0 Å². The van der Waals surface area contributed by atoms with Gasteiger partial charge in [-0.1, -0.05) is 35.9 Å². The summed E-state index contributed by atoms with van der Waals surface area (Å²) in [5.74, 6) is 0. The van der Waals surface area contributed by atoms with Gasteiger partial charge in [-0.15, -0.1) is 0 Å². The van der Waals surface area contributed by atoms with Crippen LogP contribution in [0.1, 0.15) is 25.5 Å². The average molecular weight is 289 g/mol. The largest absolute Gasteiger partial charge is 0.341 e. The number of anilines is 2. The summed E-state index contributed by atoms with van der Waals surface area (Å²) in [6.45, 7) is 5.14. The summed E-state index contributed by atoms with van der Waals surface area (Å²) in [6, 6.07) is 16.9. The van der Waals surface area contributed by atoms with Crippen molar-refractivity contribution in [2.75, 3.05) is 18.5 Å². The second kappa shape index (κ2) is 6.78. The topological polar surface area (TPSA) is 15.3 Å². The first kappa shape index (κ1) is 14.9. The van der Waals surface area contributed by atoms with Crippen LogP contribution >= 0.6 is 11.6 Å². The van der Waals surface area contributed by atoms with Crippen molar-refractivity contribution in [1.29, 1.82) is 0 Å². The summed E-state index contributed by atoms with van der Waals surface area (Å²) in [7, 11) is 1.95. The Morgan fingerprint density at radius 2 is 1.85 bits per heavy atom. The van der Waals surface area contributed by atoms with E-state index < -0.39 is 0 Å². The van der Waals surface area contributed by atoms with Crippen molar-refractivity contribution in [3.05, 3.63) is 59.1 Å². The molecule has 106 valence electrons. The van der Waals surface area contributed by atoms with E-state index in [4.69, 9.17) is 11.6 Å². The van der Waals surface area contributed by atoms with Crippen LogP contribution in [-0.2, 0) is 0 Å². The number of benzene rings is 2. The van der Waals surface area contributed by atoms with Gasteiger partial charge in [-0.2, -0.15) is 0 Å². The van der Waals surface area contributed by atoms with Crippen LogP contribution in [0.15, 0.2) is 48.5 Å². The van der Waals surface area contributed by atoms with E-state index in [1.54, 1.807) is 0 Å². The van der Waals surface area contributed by atoms with Crippen molar-refractivity contribution < 1.29 is 0 Å². The van der Waals surface area contributed by atoms with E-state index >= 15 is 0 Å². The third kappa shape index (κ3) is 3.14. The van der Waals surface area contributed by atoms with Crippen molar-refractivity contribution in [3.8, 4) is 0 Å². The van der Waals surface area contributed by atoms with Gasteiger partial charge < -0.3 is 10.2 Å². The molecular formula is C17H21ClN2. The van der Waals surface area contributed by atoms with Crippen LogP contribution in [0.4, 0.5) is 11.4 Å². The fourth-order valence-corrected chi connectivity index (χ4v) is 2.57. The normalized spacial score (nSPS) is 12.2. The Bertz CT molecular complexity index is 554. The number of hydrogen-bond donors (Lipinski definition) is 1. The molecule has 2 aromatic carbocycles. The lowest BCUT2D eigenvalue weighted by molar-refractivity contribution is 0.652. The highest BCUT2D eigenvalue weighted by Crippen LogP contribution is 2.33. The summed E-state index contributed by atoms with van der Waals surface area (Å²) < 4.78 is 0. The third-order valence-electron chi connectivity index (χ3n) is 3.58. The molecule has 0 aliphatic heterocycles. The molecule has 1 N–H and O–H groups in total. The van der Waals surface area contributed by atoms with Gasteiger partial charge in [0, 0.05) is 18.3 Å². The molecule has 0 saturated carbocycles. The number of nitrogens with zero attached hydrogens (tertiary/aromatic N) is 1. The standard InChI is InChI=1S/C17H21ClN2/c1-4-20(15-8-6-5-7-9-15)17-11-10-14(12-16(17)18)13(2)19-3/h5-13,19H,4H2,1-3H3. The van der Waals surface area contributed by atoms with Crippen molar-refractivity contribution in [2.45, 2.75) is 19.9 Å². The monoisotopic (exact) mass is 288 g/mol. The first-order valence-corrected chi connectivity index (χ1v) is 7.34. The Balaban J connectivity index is 2.36. The van der Waals surface area contributed by atoms with Crippen LogP contribution in [0.25, 0.3) is 0 Å². The summed E-state index contributed by atoms with van der Waals surface area (Å²) in [4.78, 5) is 2.22. The predicted molar refractivity (Wildman–Crippen MR) is 88.0 cm³/mol. The van der Waals surface area contributed by atoms with Crippen LogP contribution in [0.2, 0.25) is 5.02 Å². The third-order valence-corrected chi connectivity index (χ3v) is 3.88. The van der Waals surface area contributed by atoms with Crippen LogP contribution in [0.3, 0.4) is 0 Å². The second-order valence-corrected chi connectivity index (χ2v) is 5.21. The van der Waals surface area contributed by atoms with Crippen molar-refractivity contribution in [1.82, 2.24) is 5.32 Å². The lowest BCUT2D eigenvalue weighted by atomic mass is 10.1. The van der Waals surface area contributed by atoms with Gasteiger partial charge in [-0.3, -0.25) is 0 Å². The predicted octanol–water partition coefficient (Wildman–Crippen LogP) is 4.78. The first-order valence-electron chi connectivity index (χ1n) is 6.96. The van der Waals surface area contributed by atoms with E-state index in [0.29, 0.717) is 6.04 Å². The Hall–Kier alpha value is -1.51. The van der Waals surface area contributed by atoms with E-state index in [0.717, 1.165) is 22.9 Å². The molecule has 3 heteroatoms. The molecule has 2 rings (SSSR count). The SMILES string of the molecule is CCN(c1ccccc1)c1ccc(C(C)NC)cc1Cl. The lowest BCUT2D eigenvalue weighted by Crippen LogP contribution is -2.17. The molecule has 2 aromatic rings. The molecule has 1 unspecified atom stereocenters. The van der Waals surface area contributed by atoms with Gasteiger partial charge in [0.25, 0.3) is 0 Å². The van der Waals surface area contributed by atoms with Crippen LogP contribution in [0, 0.1) is 0 Å². The van der Waals surface area contributed by atoms with Crippen molar-refractivity contribution in [2.24, 2.45) is 0 Å². The summed E-state index contributed by atoms with van der Waals surface area (Å²) in [6.07, 6.45) is 0. The minimum absolute atomic E-state index is 0.299. The summed E-state index contributed by atoms with van der Waals surface area (Å²) >= 11 is 6.48. The highest BCUT2D eigenvalue weighted by Gasteiger charge is 2.12. The van der Waals surface area contributed by atoms with Crippen LogP contribution < -0.4 is 10.2 Å². The molecule has 2 nitrogen and oxygen atoms in total. The highest BCUT2D eigenvalue weighted by molar-refractivity contribution is 6.33.